The number of hydrogen-bond donors (Lipinski definition) is 3. The summed E-state index contributed by atoms with van der Waals surface area (Å²) in [5.41, 5.74) is 3.31. The Bertz CT molecular complexity index is 491. The third kappa shape index (κ3) is 3.37. The molecule has 3 N–H and O–H groups in total. The second-order valence-electron chi connectivity index (χ2n) is 4.90. The quantitative estimate of drug-likeness (QED) is 0.484. The van der Waals surface area contributed by atoms with Crippen LogP contribution in [0.3, 0.4) is 0 Å². The zero-order valence-corrected chi connectivity index (χ0v) is 11.2. The van der Waals surface area contributed by atoms with Gasteiger partial charge in [-0.05, 0) is 29.6 Å². The van der Waals surface area contributed by atoms with Crippen molar-refractivity contribution in [3.8, 4) is 12.3 Å². The number of benzene rings is 1. The SMILES string of the molecule is C#Cc1cc(B(O)O)cc(CN2CCNCC2)c1C. The summed E-state index contributed by atoms with van der Waals surface area (Å²) in [6, 6.07) is 3.50. The first-order chi connectivity index (χ1) is 9.11. The van der Waals surface area contributed by atoms with Crippen molar-refractivity contribution in [2.24, 2.45) is 0 Å². The summed E-state index contributed by atoms with van der Waals surface area (Å²) in [6.45, 7) is 6.75. The molecule has 0 spiro atoms. The van der Waals surface area contributed by atoms with Gasteiger partial charge in [0, 0.05) is 38.3 Å². The molecular weight excluding hydrogens is 239 g/mol. The van der Waals surface area contributed by atoms with Crippen molar-refractivity contribution >= 4 is 12.6 Å². The van der Waals surface area contributed by atoms with E-state index in [1.165, 1.54) is 0 Å². The molecule has 2 rings (SSSR count). The van der Waals surface area contributed by atoms with E-state index in [4.69, 9.17) is 6.42 Å². The number of hydrogen-bond acceptors (Lipinski definition) is 4. The van der Waals surface area contributed by atoms with Crippen LogP contribution in [0.1, 0.15) is 16.7 Å². The van der Waals surface area contributed by atoms with E-state index >= 15 is 0 Å². The molecule has 0 saturated carbocycles. The average molecular weight is 258 g/mol. The van der Waals surface area contributed by atoms with Crippen LogP contribution >= 0.6 is 0 Å². The largest absolute Gasteiger partial charge is 0.488 e. The molecule has 5 heteroatoms. The lowest BCUT2D eigenvalue weighted by Gasteiger charge is -2.28. The smallest absolute Gasteiger partial charge is 0.423 e. The maximum atomic E-state index is 9.33. The summed E-state index contributed by atoms with van der Waals surface area (Å²) < 4.78 is 0. The Labute approximate surface area is 114 Å². The first-order valence-corrected chi connectivity index (χ1v) is 6.51. The highest BCUT2D eigenvalue weighted by Crippen LogP contribution is 2.14. The Morgan fingerprint density at radius 2 is 2.05 bits per heavy atom. The van der Waals surface area contributed by atoms with Gasteiger partial charge in [0.25, 0.3) is 0 Å². The molecule has 0 unspecified atom stereocenters. The predicted octanol–water partition coefficient (Wildman–Crippen LogP) is -0.939. The number of nitrogens with one attached hydrogen (secondary N) is 1. The molecule has 1 saturated heterocycles. The van der Waals surface area contributed by atoms with Crippen molar-refractivity contribution in [1.29, 1.82) is 0 Å². The van der Waals surface area contributed by atoms with E-state index in [9.17, 15) is 10.0 Å². The van der Waals surface area contributed by atoms with Crippen molar-refractivity contribution in [2.75, 3.05) is 26.2 Å². The third-order valence-corrected chi connectivity index (χ3v) is 3.59. The van der Waals surface area contributed by atoms with Gasteiger partial charge in [-0.3, -0.25) is 4.90 Å². The van der Waals surface area contributed by atoms with Crippen molar-refractivity contribution in [3.63, 3.8) is 0 Å². The van der Waals surface area contributed by atoms with Crippen molar-refractivity contribution in [2.45, 2.75) is 13.5 Å². The molecule has 0 atom stereocenters. The van der Waals surface area contributed by atoms with E-state index < -0.39 is 7.12 Å². The zero-order valence-electron chi connectivity index (χ0n) is 11.2. The molecule has 19 heavy (non-hydrogen) atoms. The highest BCUT2D eigenvalue weighted by Gasteiger charge is 2.17. The Balaban J connectivity index is 2.27. The molecule has 1 heterocycles. The van der Waals surface area contributed by atoms with Gasteiger partial charge in [-0.2, -0.15) is 0 Å². The highest BCUT2D eigenvalue weighted by atomic mass is 16.4. The normalized spacial score (nSPS) is 16.1. The molecule has 1 aliphatic heterocycles. The lowest BCUT2D eigenvalue weighted by atomic mass is 9.77. The van der Waals surface area contributed by atoms with E-state index in [-0.39, 0.29) is 0 Å². The standard InChI is InChI=1S/C14H19BN2O2/c1-3-12-8-14(15(18)19)9-13(11(12)2)10-17-6-4-16-5-7-17/h1,8-9,16,18-19H,4-7,10H2,2H3. The summed E-state index contributed by atoms with van der Waals surface area (Å²) in [5, 5.41) is 22.0. The first kappa shape index (κ1) is 14.1. The maximum Gasteiger partial charge on any atom is 0.488 e. The van der Waals surface area contributed by atoms with Crippen LogP contribution in [0.2, 0.25) is 0 Å². The summed E-state index contributed by atoms with van der Waals surface area (Å²) in [6.07, 6.45) is 5.48. The van der Waals surface area contributed by atoms with Gasteiger partial charge < -0.3 is 15.4 Å². The van der Waals surface area contributed by atoms with Gasteiger partial charge in [0.15, 0.2) is 0 Å². The summed E-state index contributed by atoms with van der Waals surface area (Å²) in [7, 11) is -1.48. The average Bonchev–Trinajstić information content (AvgIpc) is 2.42. The number of piperazine rings is 1. The van der Waals surface area contributed by atoms with E-state index in [2.05, 4.69) is 16.1 Å². The van der Waals surface area contributed by atoms with Crippen LogP contribution in [0.4, 0.5) is 0 Å². The van der Waals surface area contributed by atoms with Gasteiger partial charge >= 0.3 is 7.12 Å². The number of rotatable bonds is 3. The monoisotopic (exact) mass is 258 g/mol. The Morgan fingerprint density at radius 3 is 2.63 bits per heavy atom. The van der Waals surface area contributed by atoms with Gasteiger partial charge in [-0.1, -0.05) is 12.0 Å². The van der Waals surface area contributed by atoms with Gasteiger partial charge in [0.2, 0.25) is 0 Å². The van der Waals surface area contributed by atoms with Crippen LogP contribution in [0.25, 0.3) is 0 Å². The van der Waals surface area contributed by atoms with Crippen LogP contribution in [0.5, 0.6) is 0 Å². The second-order valence-corrected chi connectivity index (χ2v) is 4.90. The number of nitrogens with zero attached hydrogens (tertiary/aromatic N) is 1. The van der Waals surface area contributed by atoms with Crippen LogP contribution < -0.4 is 10.8 Å². The van der Waals surface area contributed by atoms with Crippen molar-refractivity contribution < 1.29 is 10.0 Å². The minimum Gasteiger partial charge on any atom is -0.423 e. The molecule has 0 amide bonds. The van der Waals surface area contributed by atoms with E-state index in [0.29, 0.717) is 5.46 Å². The molecule has 100 valence electrons. The fraction of sp³-hybridized carbons (Fsp3) is 0.429. The molecule has 0 aromatic heterocycles. The fourth-order valence-corrected chi connectivity index (χ4v) is 2.37. The predicted molar refractivity (Wildman–Crippen MR) is 77.1 cm³/mol. The summed E-state index contributed by atoms with van der Waals surface area (Å²) in [5.74, 6) is 2.62. The number of terminal acetylenes is 1. The first-order valence-electron chi connectivity index (χ1n) is 6.51. The molecule has 1 aliphatic rings. The maximum absolute atomic E-state index is 9.33. The molecule has 1 aromatic rings. The summed E-state index contributed by atoms with van der Waals surface area (Å²) in [4.78, 5) is 2.34. The summed E-state index contributed by atoms with van der Waals surface area (Å²) >= 11 is 0. The minimum atomic E-state index is -1.48. The highest BCUT2D eigenvalue weighted by molar-refractivity contribution is 6.58. The zero-order chi connectivity index (χ0) is 13.8. The molecule has 4 nitrogen and oxygen atoms in total. The van der Waals surface area contributed by atoms with Crippen LogP contribution in [-0.4, -0.2) is 48.2 Å². The van der Waals surface area contributed by atoms with Crippen LogP contribution in [0, 0.1) is 19.3 Å². The van der Waals surface area contributed by atoms with E-state index in [1.54, 1.807) is 6.07 Å². The van der Waals surface area contributed by atoms with Gasteiger partial charge in [-0.15, -0.1) is 6.42 Å². The van der Waals surface area contributed by atoms with Crippen molar-refractivity contribution in [3.05, 3.63) is 28.8 Å². The lowest BCUT2D eigenvalue weighted by molar-refractivity contribution is 0.233. The Morgan fingerprint density at radius 1 is 1.37 bits per heavy atom. The van der Waals surface area contributed by atoms with Crippen LogP contribution in [-0.2, 0) is 6.54 Å². The molecule has 0 radical (unpaired) electrons. The lowest BCUT2D eigenvalue weighted by Crippen LogP contribution is -2.43. The minimum absolute atomic E-state index is 0.462. The van der Waals surface area contributed by atoms with Crippen LogP contribution in [0.15, 0.2) is 12.1 Å². The molecule has 1 fully saturated rings. The Hall–Kier alpha value is -1.32. The topological polar surface area (TPSA) is 55.7 Å². The molecule has 0 aliphatic carbocycles. The fourth-order valence-electron chi connectivity index (χ4n) is 2.37. The molecule has 0 bridgehead atoms. The second kappa shape index (κ2) is 6.22. The van der Waals surface area contributed by atoms with Gasteiger partial charge in [0.05, 0.1) is 0 Å². The van der Waals surface area contributed by atoms with E-state index in [1.807, 2.05) is 13.0 Å². The Kier molecular flexibility index (Phi) is 4.62. The van der Waals surface area contributed by atoms with Gasteiger partial charge in [0.1, 0.15) is 0 Å². The van der Waals surface area contributed by atoms with Crippen molar-refractivity contribution in [1.82, 2.24) is 10.2 Å². The van der Waals surface area contributed by atoms with E-state index in [0.717, 1.165) is 49.4 Å². The third-order valence-electron chi connectivity index (χ3n) is 3.59. The molecule has 1 aromatic carbocycles. The molecular formula is C14H19BN2O2. The van der Waals surface area contributed by atoms with Gasteiger partial charge in [-0.25, -0.2) is 0 Å².